The predicted molar refractivity (Wildman–Crippen MR) is 203 cm³/mol. The van der Waals surface area contributed by atoms with Gasteiger partial charge in [0.25, 0.3) is 0 Å². The number of nitrogens with zero attached hydrogens (tertiary/aromatic N) is 4. The summed E-state index contributed by atoms with van der Waals surface area (Å²) in [4.78, 5) is 31.6. The van der Waals surface area contributed by atoms with Gasteiger partial charge < -0.3 is 37.9 Å². The summed E-state index contributed by atoms with van der Waals surface area (Å²) in [6, 6.07) is 10.1. The minimum Gasteiger partial charge on any atom is -0.464 e. The van der Waals surface area contributed by atoms with Crippen LogP contribution in [0.3, 0.4) is 0 Å². The van der Waals surface area contributed by atoms with Crippen molar-refractivity contribution in [3.8, 4) is 0 Å². The Morgan fingerprint density at radius 3 is 1.54 bits per heavy atom. The van der Waals surface area contributed by atoms with E-state index in [9.17, 15) is 27.2 Å². The molecular weight excluding hydrogens is 776 g/mol. The molecule has 0 radical (unpaired) electrons. The molecule has 0 aliphatic rings. The van der Waals surface area contributed by atoms with Gasteiger partial charge in [-0.1, -0.05) is 12.1 Å². The lowest BCUT2D eigenvalue weighted by atomic mass is 10.2. The molecule has 0 fully saturated rings. The molecule has 0 amide bonds. The molecule has 17 heteroatoms. The number of carbonyl (C=O) groups is 2. The highest BCUT2D eigenvalue weighted by Crippen LogP contribution is 2.26. The first-order chi connectivity index (χ1) is 27.5. The van der Waals surface area contributed by atoms with Crippen LogP contribution in [-0.4, -0.2) is 91.0 Å². The van der Waals surface area contributed by atoms with Gasteiger partial charge in [0.05, 0.1) is 83.8 Å². The number of alkyl halides is 1. The standard InChI is InChI=1S/C20H20F2N2O4.C17H13ClF2N2O2.C3H8O2/c1-26-5-6-28-12-14-11-24(10-13-3-4-15(21)7-17(13)22)19-9-23-18(8-16(14)19)20(25)27-2;1-24-17(23)15-5-13-11(6-18)9-22(16(13)7-21-15)8-10-2-3-12(19)4-14(10)20;1-5-3-2-4/h3-4,7-9,11H,5-6,10,12H2,1-2H3;2-5,7,9H,6,8H2,1H3;4H,2-3H2,1H3. The topological polar surface area (TPSA) is 136 Å². The minimum absolute atomic E-state index is 0.122. The molecule has 2 aromatic carbocycles. The van der Waals surface area contributed by atoms with E-state index in [0.717, 1.165) is 34.0 Å². The minimum atomic E-state index is -0.629. The van der Waals surface area contributed by atoms with Crippen molar-refractivity contribution in [3.05, 3.63) is 130 Å². The van der Waals surface area contributed by atoms with Gasteiger partial charge in [0.15, 0.2) is 0 Å². The fraction of sp³-hybridized carbons (Fsp3) is 0.300. The van der Waals surface area contributed by atoms with E-state index in [-0.39, 0.29) is 43.6 Å². The van der Waals surface area contributed by atoms with E-state index in [2.05, 4.69) is 19.4 Å². The number of aromatic nitrogens is 4. The van der Waals surface area contributed by atoms with Gasteiger partial charge in [0.1, 0.15) is 34.7 Å². The Kier molecular flexibility index (Phi) is 16.9. The van der Waals surface area contributed by atoms with Crippen molar-refractivity contribution in [2.24, 2.45) is 0 Å². The van der Waals surface area contributed by atoms with Crippen LogP contribution in [0.2, 0.25) is 0 Å². The Morgan fingerprint density at radius 1 is 0.667 bits per heavy atom. The van der Waals surface area contributed by atoms with E-state index in [1.54, 1.807) is 41.7 Å². The third-order valence-electron chi connectivity index (χ3n) is 8.33. The number of rotatable bonds is 14. The lowest BCUT2D eigenvalue weighted by Crippen LogP contribution is -2.05. The van der Waals surface area contributed by atoms with Gasteiger partial charge in [-0.2, -0.15) is 0 Å². The van der Waals surface area contributed by atoms with E-state index in [4.69, 9.17) is 30.9 Å². The van der Waals surface area contributed by atoms with Crippen LogP contribution in [0.5, 0.6) is 0 Å². The van der Waals surface area contributed by atoms with Gasteiger partial charge in [-0.05, 0) is 29.8 Å². The number of aliphatic hydroxyl groups is 1. The highest BCUT2D eigenvalue weighted by molar-refractivity contribution is 6.18. The van der Waals surface area contributed by atoms with E-state index in [1.165, 1.54) is 50.9 Å². The van der Waals surface area contributed by atoms with Crippen LogP contribution < -0.4 is 0 Å². The molecule has 4 aromatic heterocycles. The second kappa shape index (κ2) is 21.8. The largest absolute Gasteiger partial charge is 0.464 e. The van der Waals surface area contributed by atoms with Crippen molar-refractivity contribution in [1.82, 2.24) is 19.1 Å². The number of benzene rings is 2. The molecule has 1 N–H and O–H groups in total. The number of carbonyl (C=O) groups excluding carboxylic acids is 2. The van der Waals surface area contributed by atoms with Gasteiger partial charge in [-0.3, -0.25) is 0 Å². The molecule has 4 heterocycles. The summed E-state index contributed by atoms with van der Waals surface area (Å²) in [7, 11) is 5.70. The van der Waals surface area contributed by atoms with E-state index in [1.807, 2.05) is 6.20 Å². The van der Waals surface area contributed by atoms with Crippen molar-refractivity contribution < 1.29 is 55.9 Å². The van der Waals surface area contributed by atoms with Crippen LogP contribution in [-0.2, 0) is 49.3 Å². The number of halogens is 5. The van der Waals surface area contributed by atoms with Gasteiger partial charge in [0, 0.05) is 72.1 Å². The van der Waals surface area contributed by atoms with Gasteiger partial charge in [0.2, 0.25) is 0 Å². The summed E-state index contributed by atoms with van der Waals surface area (Å²) in [5.41, 5.74) is 3.99. The molecule has 0 aliphatic carbocycles. The summed E-state index contributed by atoms with van der Waals surface area (Å²) < 4.78 is 82.1. The number of fused-ring (bicyclic) bond motifs is 2. The maximum absolute atomic E-state index is 14.1. The number of ether oxygens (including phenoxy) is 5. The molecule has 0 saturated heterocycles. The lowest BCUT2D eigenvalue weighted by molar-refractivity contribution is 0.0585. The number of pyridine rings is 2. The van der Waals surface area contributed by atoms with E-state index >= 15 is 0 Å². The van der Waals surface area contributed by atoms with E-state index < -0.39 is 35.2 Å². The summed E-state index contributed by atoms with van der Waals surface area (Å²) in [5.74, 6) is -3.38. The average molecular weight is 817 g/mol. The molecule has 0 saturated carbocycles. The Labute approximate surface area is 330 Å². The van der Waals surface area contributed by atoms with Crippen LogP contribution in [0.15, 0.2) is 73.3 Å². The first kappa shape index (κ1) is 44.3. The summed E-state index contributed by atoms with van der Waals surface area (Å²) in [6.07, 6.45) is 6.62. The molecule has 6 rings (SSSR count). The fourth-order valence-electron chi connectivity index (χ4n) is 5.52. The Morgan fingerprint density at radius 2 is 1.14 bits per heavy atom. The second-order valence-corrected chi connectivity index (χ2v) is 12.4. The average Bonchev–Trinajstić information content (AvgIpc) is 3.74. The van der Waals surface area contributed by atoms with Crippen molar-refractivity contribution in [3.63, 3.8) is 0 Å². The zero-order chi connectivity index (χ0) is 41.5. The monoisotopic (exact) mass is 816 g/mol. The normalized spacial score (nSPS) is 10.8. The van der Waals surface area contributed by atoms with Gasteiger partial charge in [-0.25, -0.2) is 37.1 Å². The SMILES string of the molecule is COC(=O)c1cc2c(CCl)cn(Cc3ccc(F)cc3F)c2cn1.COCCO.COCCOCc1cn(Cc2ccc(F)cc2F)c2cnc(C(=O)OC)cc12. The van der Waals surface area contributed by atoms with Gasteiger partial charge >= 0.3 is 11.9 Å². The van der Waals surface area contributed by atoms with Crippen molar-refractivity contribution >= 4 is 45.3 Å². The van der Waals surface area contributed by atoms with Crippen LogP contribution in [0.4, 0.5) is 17.6 Å². The number of esters is 2. The van der Waals surface area contributed by atoms with E-state index in [0.29, 0.717) is 42.0 Å². The molecule has 6 aromatic rings. The van der Waals surface area contributed by atoms with Gasteiger partial charge in [-0.15, -0.1) is 11.6 Å². The molecule has 57 heavy (non-hydrogen) atoms. The third kappa shape index (κ3) is 11.8. The predicted octanol–water partition coefficient (Wildman–Crippen LogP) is 6.83. The lowest BCUT2D eigenvalue weighted by Gasteiger charge is -2.07. The van der Waals surface area contributed by atoms with Crippen LogP contribution >= 0.6 is 11.6 Å². The second-order valence-electron chi connectivity index (χ2n) is 12.1. The zero-order valence-electron chi connectivity index (χ0n) is 31.6. The summed E-state index contributed by atoms with van der Waals surface area (Å²) in [6.45, 7) is 2.08. The Hall–Kier alpha value is -5.39. The number of hydrogen-bond donors (Lipinski definition) is 1. The highest BCUT2D eigenvalue weighted by atomic mass is 35.5. The maximum atomic E-state index is 14.1. The third-order valence-corrected chi connectivity index (χ3v) is 8.62. The molecule has 0 bridgehead atoms. The van der Waals surface area contributed by atoms with Crippen molar-refractivity contribution in [2.75, 3.05) is 54.9 Å². The molecule has 0 atom stereocenters. The molecule has 304 valence electrons. The molecule has 12 nitrogen and oxygen atoms in total. The van der Waals surface area contributed by atoms with Crippen LogP contribution in [0.25, 0.3) is 21.8 Å². The fourth-order valence-corrected chi connectivity index (χ4v) is 5.73. The Balaban J connectivity index is 0.000000228. The van der Waals surface area contributed by atoms with Crippen LogP contribution in [0.1, 0.15) is 43.2 Å². The summed E-state index contributed by atoms with van der Waals surface area (Å²) >= 11 is 5.97. The smallest absolute Gasteiger partial charge is 0.356 e. The quantitative estimate of drug-likeness (QED) is 0.0540. The number of methoxy groups -OCH3 is 4. The Bertz CT molecular complexity index is 2280. The highest BCUT2D eigenvalue weighted by Gasteiger charge is 2.17. The number of aliphatic hydroxyl groups excluding tert-OH is 1. The molecule has 0 unspecified atom stereocenters. The molecular formula is C40H41ClF4N4O8. The maximum Gasteiger partial charge on any atom is 0.356 e. The number of hydrogen-bond acceptors (Lipinski definition) is 10. The van der Waals surface area contributed by atoms with Crippen molar-refractivity contribution in [1.29, 1.82) is 0 Å². The van der Waals surface area contributed by atoms with Crippen LogP contribution in [0, 0.1) is 23.3 Å². The molecule has 0 aliphatic heterocycles. The molecule has 0 spiro atoms. The first-order valence-electron chi connectivity index (χ1n) is 17.2. The summed E-state index contributed by atoms with van der Waals surface area (Å²) in [5, 5.41) is 9.43. The van der Waals surface area contributed by atoms with Crippen molar-refractivity contribution in [2.45, 2.75) is 25.6 Å². The first-order valence-corrected chi connectivity index (χ1v) is 17.7. The zero-order valence-corrected chi connectivity index (χ0v) is 32.3.